The first-order valence-corrected chi connectivity index (χ1v) is 6.72. The fourth-order valence-electron chi connectivity index (χ4n) is 1.57. The Bertz CT molecular complexity index is 676. The van der Waals surface area contributed by atoms with E-state index in [-0.39, 0.29) is 5.91 Å². The molecule has 0 aliphatic rings. The van der Waals surface area contributed by atoms with Crippen molar-refractivity contribution in [1.29, 1.82) is 0 Å². The molecule has 7 heteroatoms. The Morgan fingerprint density at radius 2 is 2.05 bits per heavy atom. The van der Waals surface area contributed by atoms with Crippen LogP contribution in [0.1, 0.15) is 10.4 Å². The van der Waals surface area contributed by atoms with Gasteiger partial charge in [0, 0.05) is 11.8 Å². The van der Waals surface area contributed by atoms with Crippen molar-refractivity contribution in [3.63, 3.8) is 0 Å². The lowest BCUT2D eigenvalue weighted by molar-refractivity contribution is -0.139. The van der Waals surface area contributed by atoms with Gasteiger partial charge < -0.3 is 15.2 Å². The van der Waals surface area contributed by atoms with Gasteiger partial charge in [-0.3, -0.25) is 4.79 Å². The number of ether oxygens (including phenoxy) is 1. The van der Waals surface area contributed by atoms with Crippen LogP contribution >= 0.6 is 15.9 Å². The van der Waals surface area contributed by atoms with Crippen molar-refractivity contribution in [3.05, 3.63) is 52.8 Å². The van der Waals surface area contributed by atoms with E-state index in [1.54, 1.807) is 36.4 Å². The molecule has 0 bridgehead atoms. The highest BCUT2D eigenvalue weighted by Crippen LogP contribution is 2.24. The predicted molar refractivity (Wildman–Crippen MR) is 79.5 cm³/mol. The van der Waals surface area contributed by atoms with E-state index < -0.39 is 12.6 Å². The number of aliphatic carboxylic acids is 1. The summed E-state index contributed by atoms with van der Waals surface area (Å²) < 4.78 is 5.67. The summed E-state index contributed by atoms with van der Waals surface area (Å²) in [7, 11) is 0. The van der Waals surface area contributed by atoms with E-state index in [2.05, 4.69) is 26.2 Å². The van der Waals surface area contributed by atoms with Gasteiger partial charge in [0.2, 0.25) is 0 Å². The summed E-state index contributed by atoms with van der Waals surface area (Å²) in [6.07, 6.45) is 1.51. The zero-order valence-corrected chi connectivity index (χ0v) is 12.3. The molecule has 2 rings (SSSR count). The molecule has 1 amide bonds. The normalized spacial score (nSPS) is 9.95. The largest absolute Gasteiger partial charge is 0.480 e. The molecule has 21 heavy (non-hydrogen) atoms. The van der Waals surface area contributed by atoms with Crippen molar-refractivity contribution in [3.8, 4) is 5.75 Å². The predicted octanol–water partition coefficient (Wildman–Crippen LogP) is 2.56. The number of para-hydroxylation sites is 2. The van der Waals surface area contributed by atoms with Gasteiger partial charge in [-0.05, 0) is 40.2 Å². The molecule has 1 heterocycles. The molecular weight excluding hydrogens is 340 g/mol. The van der Waals surface area contributed by atoms with Crippen molar-refractivity contribution >= 4 is 33.5 Å². The number of hydrogen-bond donors (Lipinski definition) is 2. The van der Waals surface area contributed by atoms with E-state index in [9.17, 15) is 9.59 Å². The maximum Gasteiger partial charge on any atom is 0.341 e. The first-order chi connectivity index (χ1) is 10.1. The molecule has 0 aliphatic carbocycles. The van der Waals surface area contributed by atoms with Crippen molar-refractivity contribution in [1.82, 2.24) is 4.98 Å². The maximum atomic E-state index is 12.1. The summed E-state index contributed by atoms with van der Waals surface area (Å²) in [5, 5.41) is 11.3. The van der Waals surface area contributed by atoms with Gasteiger partial charge in [-0.15, -0.1) is 0 Å². The van der Waals surface area contributed by atoms with Crippen molar-refractivity contribution < 1.29 is 19.4 Å². The third-order valence-corrected chi connectivity index (χ3v) is 2.91. The molecule has 0 fully saturated rings. The van der Waals surface area contributed by atoms with Crippen molar-refractivity contribution in [2.24, 2.45) is 0 Å². The molecule has 0 unspecified atom stereocenters. The lowest BCUT2D eigenvalue weighted by Gasteiger charge is -2.11. The number of pyridine rings is 1. The third-order valence-electron chi connectivity index (χ3n) is 2.48. The molecule has 1 aromatic carbocycles. The molecule has 6 nitrogen and oxygen atoms in total. The van der Waals surface area contributed by atoms with E-state index >= 15 is 0 Å². The first-order valence-electron chi connectivity index (χ1n) is 5.93. The summed E-state index contributed by atoms with van der Waals surface area (Å²) in [5.74, 6) is -1.14. The number of benzene rings is 1. The second kappa shape index (κ2) is 6.85. The highest BCUT2D eigenvalue weighted by molar-refractivity contribution is 9.10. The molecule has 1 aromatic heterocycles. The maximum absolute atomic E-state index is 12.1. The third kappa shape index (κ3) is 4.28. The van der Waals surface area contributed by atoms with E-state index in [1.807, 2.05) is 0 Å². The van der Waals surface area contributed by atoms with Crippen LogP contribution in [0.4, 0.5) is 5.69 Å². The van der Waals surface area contributed by atoms with Crippen LogP contribution in [0.5, 0.6) is 5.75 Å². The van der Waals surface area contributed by atoms with E-state index in [0.717, 1.165) is 0 Å². The molecule has 0 spiro atoms. The molecule has 0 saturated carbocycles. The summed E-state index contributed by atoms with van der Waals surface area (Å²) in [6.45, 7) is -0.478. The second-order valence-corrected chi connectivity index (χ2v) is 4.81. The summed E-state index contributed by atoms with van der Waals surface area (Å²) >= 11 is 3.19. The summed E-state index contributed by atoms with van der Waals surface area (Å²) in [4.78, 5) is 26.6. The monoisotopic (exact) mass is 350 g/mol. The van der Waals surface area contributed by atoms with E-state index in [0.29, 0.717) is 21.6 Å². The van der Waals surface area contributed by atoms with Gasteiger partial charge in [0.15, 0.2) is 6.61 Å². The van der Waals surface area contributed by atoms with Crippen molar-refractivity contribution in [2.45, 2.75) is 0 Å². The molecule has 0 aliphatic heterocycles. The highest BCUT2D eigenvalue weighted by Gasteiger charge is 2.11. The Morgan fingerprint density at radius 1 is 1.29 bits per heavy atom. The molecule has 2 N–H and O–H groups in total. The number of carbonyl (C=O) groups excluding carboxylic acids is 1. The number of anilines is 1. The zero-order chi connectivity index (χ0) is 15.2. The van der Waals surface area contributed by atoms with Crippen LogP contribution in [0.3, 0.4) is 0 Å². The highest BCUT2D eigenvalue weighted by atomic mass is 79.9. The second-order valence-electron chi connectivity index (χ2n) is 4.00. The van der Waals surface area contributed by atoms with Crippen LogP contribution in [-0.4, -0.2) is 28.6 Å². The lowest BCUT2D eigenvalue weighted by atomic mass is 10.2. The van der Waals surface area contributed by atoms with Gasteiger partial charge in [0.25, 0.3) is 5.91 Å². The average Bonchev–Trinajstić information content (AvgIpc) is 2.46. The topological polar surface area (TPSA) is 88.5 Å². The number of carboxylic acids is 1. The minimum atomic E-state index is -1.09. The molecule has 0 saturated heterocycles. The van der Waals surface area contributed by atoms with Gasteiger partial charge in [-0.1, -0.05) is 12.1 Å². The minimum absolute atomic E-state index is 0.293. The van der Waals surface area contributed by atoms with Crippen LogP contribution in [0.2, 0.25) is 0 Å². The number of aromatic nitrogens is 1. The summed E-state index contributed by atoms with van der Waals surface area (Å²) in [6, 6.07) is 9.77. The fraction of sp³-hybridized carbons (Fsp3) is 0.0714. The first kappa shape index (κ1) is 15.0. The van der Waals surface area contributed by atoms with E-state index in [4.69, 9.17) is 9.84 Å². The summed E-state index contributed by atoms with van der Waals surface area (Å²) in [5.41, 5.74) is 0.821. The Balaban J connectivity index is 2.15. The molecule has 0 radical (unpaired) electrons. The Labute approximate surface area is 128 Å². The molecule has 0 atom stereocenters. The van der Waals surface area contributed by atoms with Crippen LogP contribution in [0, 0.1) is 0 Å². The van der Waals surface area contributed by atoms with Crippen LogP contribution in [0.25, 0.3) is 0 Å². The molecule has 2 aromatic rings. The van der Waals surface area contributed by atoms with Gasteiger partial charge in [-0.2, -0.15) is 0 Å². The van der Waals surface area contributed by atoms with Gasteiger partial charge in [0.1, 0.15) is 10.4 Å². The number of nitrogens with one attached hydrogen (secondary N) is 1. The van der Waals surface area contributed by atoms with Gasteiger partial charge in [0.05, 0.1) is 5.69 Å². The SMILES string of the molecule is O=C(O)COc1ccccc1NC(=O)c1ccnc(Br)c1. The average molecular weight is 351 g/mol. The molecular formula is C14H11BrN2O4. The van der Waals surface area contributed by atoms with Gasteiger partial charge in [-0.25, -0.2) is 9.78 Å². The standard InChI is InChI=1S/C14H11BrN2O4/c15-12-7-9(5-6-16-12)14(20)17-10-3-1-2-4-11(10)21-8-13(18)19/h1-7H,8H2,(H,17,20)(H,18,19). The Hall–Kier alpha value is -2.41. The van der Waals surface area contributed by atoms with Crippen LogP contribution in [0.15, 0.2) is 47.2 Å². The smallest absolute Gasteiger partial charge is 0.341 e. The Morgan fingerprint density at radius 3 is 2.76 bits per heavy atom. The van der Waals surface area contributed by atoms with Crippen LogP contribution < -0.4 is 10.1 Å². The number of carbonyl (C=O) groups is 2. The van der Waals surface area contributed by atoms with E-state index in [1.165, 1.54) is 6.20 Å². The minimum Gasteiger partial charge on any atom is -0.480 e. The van der Waals surface area contributed by atoms with Gasteiger partial charge >= 0.3 is 5.97 Å². The number of halogens is 1. The van der Waals surface area contributed by atoms with Crippen molar-refractivity contribution in [2.75, 3.05) is 11.9 Å². The quantitative estimate of drug-likeness (QED) is 0.809. The zero-order valence-electron chi connectivity index (χ0n) is 10.7. The number of nitrogens with zero attached hydrogens (tertiary/aromatic N) is 1. The number of carboxylic acid groups (broad SMARTS) is 1. The lowest BCUT2D eigenvalue weighted by Crippen LogP contribution is -2.15. The number of rotatable bonds is 5. The van der Waals surface area contributed by atoms with Crippen LogP contribution in [-0.2, 0) is 4.79 Å². The Kier molecular flexibility index (Phi) is 4.89. The number of hydrogen-bond acceptors (Lipinski definition) is 4. The number of amides is 1. The molecule has 108 valence electrons. The fourth-order valence-corrected chi connectivity index (χ4v) is 1.94.